The lowest BCUT2D eigenvalue weighted by atomic mass is 9.87. The van der Waals surface area contributed by atoms with E-state index in [0.29, 0.717) is 5.92 Å². The minimum absolute atomic E-state index is 0.0602. The first-order valence-electron chi connectivity index (χ1n) is 3.97. The van der Waals surface area contributed by atoms with E-state index in [9.17, 15) is 5.11 Å². The fourth-order valence-electron chi connectivity index (χ4n) is 1.57. The number of rotatable bonds is 1. The molecule has 0 aromatic heterocycles. The average Bonchev–Trinajstić information content (AvgIpc) is 1.88. The van der Waals surface area contributed by atoms with Crippen molar-refractivity contribution in [2.24, 2.45) is 5.92 Å². The summed E-state index contributed by atoms with van der Waals surface area (Å²) < 4.78 is 0. The Kier molecular flexibility index (Phi) is 2.94. The highest BCUT2D eigenvalue weighted by Gasteiger charge is 2.16. The molecule has 0 aromatic carbocycles. The molecule has 1 heteroatoms. The van der Waals surface area contributed by atoms with Gasteiger partial charge in [0.2, 0.25) is 0 Å². The van der Waals surface area contributed by atoms with Crippen LogP contribution >= 0.6 is 0 Å². The zero-order valence-electron chi connectivity index (χ0n) is 6.29. The molecule has 1 radical (unpaired) electrons. The molecule has 0 saturated heterocycles. The molecule has 0 amide bonds. The van der Waals surface area contributed by atoms with Gasteiger partial charge in [0, 0.05) is 0 Å². The third-order valence-corrected chi connectivity index (χ3v) is 2.10. The summed E-state index contributed by atoms with van der Waals surface area (Å²) in [4.78, 5) is 0. The minimum atomic E-state index is -0.0602. The van der Waals surface area contributed by atoms with Crippen LogP contribution < -0.4 is 0 Å². The first-order chi connectivity index (χ1) is 4.83. The van der Waals surface area contributed by atoms with Gasteiger partial charge in [-0.3, -0.25) is 0 Å². The smallest absolute Gasteiger partial charge is 0.0545 e. The average molecular weight is 139 g/mol. The van der Waals surface area contributed by atoms with Crippen molar-refractivity contribution in [3.05, 3.63) is 19.1 Å². The SMILES string of the molecule is [CH2]C=CC1CCCC(O)C1. The van der Waals surface area contributed by atoms with Crippen molar-refractivity contribution in [2.45, 2.75) is 31.8 Å². The number of aliphatic hydroxyl groups is 1. The fraction of sp³-hybridized carbons (Fsp3) is 0.667. The maximum absolute atomic E-state index is 9.25. The Morgan fingerprint density at radius 2 is 2.20 bits per heavy atom. The Hall–Kier alpha value is -0.300. The van der Waals surface area contributed by atoms with Gasteiger partial charge in [-0.1, -0.05) is 18.6 Å². The summed E-state index contributed by atoms with van der Waals surface area (Å²) in [5, 5.41) is 9.25. The standard InChI is InChI=1S/C9H15O/c1-2-4-8-5-3-6-9(10)7-8/h2,4,8-10H,1,3,5-7H2. The van der Waals surface area contributed by atoms with Gasteiger partial charge in [0.15, 0.2) is 0 Å². The summed E-state index contributed by atoms with van der Waals surface area (Å²) >= 11 is 0. The van der Waals surface area contributed by atoms with Gasteiger partial charge in [-0.15, -0.1) is 0 Å². The predicted octanol–water partition coefficient (Wildman–Crippen LogP) is 1.93. The molecule has 0 spiro atoms. The van der Waals surface area contributed by atoms with E-state index in [-0.39, 0.29) is 6.10 Å². The van der Waals surface area contributed by atoms with Crippen LogP contribution in [0.2, 0.25) is 0 Å². The maximum atomic E-state index is 9.25. The second-order valence-corrected chi connectivity index (χ2v) is 3.01. The van der Waals surface area contributed by atoms with Crippen LogP contribution in [0, 0.1) is 12.8 Å². The van der Waals surface area contributed by atoms with Gasteiger partial charge in [0.25, 0.3) is 0 Å². The van der Waals surface area contributed by atoms with Crippen LogP contribution in [0.15, 0.2) is 12.2 Å². The van der Waals surface area contributed by atoms with Gasteiger partial charge in [0.05, 0.1) is 6.10 Å². The normalized spacial score (nSPS) is 35.0. The van der Waals surface area contributed by atoms with Gasteiger partial charge in [0.1, 0.15) is 0 Å². The molecule has 0 aliphatic heterocycles. The van der Waals surface area contributed by atoms with Crippen LogP contribution in [-0.4, -0.2) is 11.2 Å². The van der Waals surface area contributed by atoms with Crippen molar-refractivity contribution < 1.29 is 5.11 Å². The zero-order valence-corrected chi connectivity index (χ0v) is 6.29. The van der Waals surface area contributed by atoms with E-state index in [0.717, 1.165) is 19.3 Å². The van der Waals surface area contributed by atoms with Gasteiger partial charge in [-0.05, 0) is 32.1 Å². The molecule has 1 saturated carbocycles. The van der Waals surface area contributed by atoms with Crippen molar-refractivity contribution in [1.82, 2.24) is 0 Å². The van der Waals surface area contributed by atoms with Gasteiger partial charge in [-0.2, -0.15) is 0 Å². The van der Waals surface area contributed by atoms with Gasteiger partial charge < -0.3 is 5.11 Å². The molecule has 0 bridgehead atoms. The third kappa shape index (κ3) is 2.14. The molecule has 57 valence electrons. The summed E-state index contributed by atoms with van der Waals surface area (Å²) in [5.74, 6) is 0.584. The monoisotopic (exact) mass is 139 g/mol. The fourth-order valence-corrected chi connectivity index (χ4v) is 1.57. The van der Waals surface area contributed by atoms with Crippen LogP contribution in [0.3, 0.4) is 0 Å². The summed E-state index contributed by atoms with van der Waals surface area (Å²) in [6.07, 6.45) is 8.19. The summed E-state index contributed by atoms with van der Waals surface area (Å²) in [7, 11) is 0. The lowest BCUT2D eigenvalue weighted by molar-refractivity contribution is 0.113. The van der Waals surface area contributed by atoms with Crippen LogP contribution in [0.1, 0.15) is 25.7 Å². The Labute approximate surface area is 62.8 Å². The van der Waals surface area contributed by atoms with Crippen molar-refractivity contribution in [3.63, 3.8) is 0 Å². The Morgan fingerprint density at radius 1 is 1.40 bits per heavy atom. The summed E-state index contributed by atoms with van der Waals surface area (Å²) in [6, 6.07) is 0. The van der Waals surface area contributed by atoms with E-state index >= 15 is 0 Å². The van der Waals surface area contributed by atoms with Gasteiger partial charge in [-0.25, -0.2) is 0 Å². The number of aliphatic hydroxyl groups excluding tert-OH is 1. The van der Waals surface area contributed by atoms with E-state index in [2.05, 4.69) is 13.0 Å². The molecule has 0 aromatic rings. The summed E-state index contributed by atoms with van der Waals surface area (Å²) in [6.45, 7) is 3.64. The maximum Gasteiger partial charge on any atom is 0.0545 e. The molecule has 1 nitrogen and oxygen atoms in total. The van der Waals surface area contributed by atoms with Crippen molar-refractivity contribution in [2.75, 3.05) is 0 Å². The largest absolute Gasteiger partial charge is 0.393 e. The lowest BCUT2D eigenvalue weighted by Gasteiger charge is -2.22. The molecule has 1 fully saturated rings. The quantitative estimate of drug-likeness (QED) is 0.588. The Morgan fingerprint density at radius 3 is 2.80 bits per heavy atom. The van der Waals surface area contributed by atoms with Crippen LogP contribution in [0.4, 0.5) is 0 Å². The van der Waals surface area contributed by atoms with E-state index < -0.39 is 0 Å². The first-order valence-corrected chi connectivity index (χ1v) is 3.97. The predicted molar refractivity (Wildman–Crippen MR) is 42.5 cm³/mol. The highest BCUT2D eigenvalue weighted by molar-refractivity contribution is 4.92. The molecular weight excluding hydrogens is 124 g/mol. The first kappa shape index (κ1) is 7.80. The zero-order chi connectivity index (χ0) is 7.40. The highest BCUT2D eigenvalue weighted by Crippen LogP contribution is 2.24. The van der Waals surface area contributed by atoms with Crippen LogP contribution in [0.25, 0.3) is 0 Å². The second-order valence-electron chi connectivity index (χ2n) is 3.01. The Balaban J connectivity index is 2.32. The molecular formula is C9H15O. The third-order valence-electron chi connectivity index (χ3n) is 2.10. The topological polar surface area (TPSA) is 20.2 Å². The molecule has 2 unspecified atom stereocenters. The van der Waals surface area contributed by atoms with E-state index in [1.54, 1.807) is 0 Å². The van der Waals surface area contributed by atoms with E-state index in [1.165, 1.54) is 6.42 Å². The van der Waals surface area contributed by atoms with Crippen LogP contribution in [0.5, 0.6) is 0 Å². The lowest BCUT2D eigenvalue weighted by Crippen LogP contribution is -2.17. The number of hydrogen-bond acceptors (Lipinski definition) is 1. The second kappa shape index (κ2) is 3.77. The van der Waals surface area contributed by atoms with E-state index in [4.69, 9.17) is 0 Å². The minimum Gasteiger partial charge on any atom is -0.393 e. The Bertz CT molecular complexity index is 118. The molecule has 1 N–H and O–H groups in total. The van der Waals surface area contributed by atoms with Crippen molar-refractivity contribution in [3.8, 4) is 0 Å². The van der Waals surface area contributed by atoms with E-state index in [1.807, 2.05) is 6.08 Å². The van der Waals surface area contributed by atoms with Gasteiger partial charge >= 0.3 is 0 Å². The summed E-state index contributed by atoms with van der Waals surface area (Å²) in [5.41, 5.74) is 0. The number of hydrogen-bond donors (Lipinski definition) is 1. The molecule has 1 rings (SSSR count). The van der Waals surface area contributed by atoms with Crippen LogP contribution in [-0.2, 0) is 0 Å². The number of allylic oxidation sites excluding steroid dienone is 2. The molecule has 1 aliphatic rings. The molecule has 0 heterocycles. The van der Waals surface area contributed by atoms with Crippen molar-refractivity contribution in [1.29, 1.82) is 0 Å². The molecule has 1 aliphatic carbocycles. The molecule has 2 atom stereocenters. The van der Waals surface area contributed by atoms with Crippen molar-refractivity contribution >= 4 is 0 Å². The molecule has 10 heavy (non-hydrogen) atoms. The highest BCUT2D eigenvalue weighted by atomic mass is 16.3.